The van der Waals surface area contributed by atoms with E-state index in [0.717, 1.165) is 43.8 Å². The number of halogens is 1. The van der Waals surface area contributed by atoms with Crippen molar-refractivity contribution in [3.63, 3.8) is 0 Å². The Hall–Kier alpha value is -5.83. The van der Waals surface area contributed by atoms with E-state index in [4.69, 9.17) is 29.9 Å². The number of hydrogen-bond donors (Lipinski definition) is 2. The minimum atomic E-state index is 0. The molecule has 4 aromatic carbocycles. The number of hydrogen-bond acceptors (Lipinski definition) is 6. The monoisotopic (exact) mass is 534 g/mol. The van der Waals surface area contributed by atoms with Gasteiger partial charge in [0.05, 0.1) is 0 Å². The Morgan fingerprint density at radius 1 is 0.317 bits per heavy atom. The van der Waals surface area contributed by atoms with E-state index in [1.807, 2.05) is 97.1 Å². The van der Waals surface area contributed by atoms with E-state index >= 15 is 0 Å². The van der Waals surface area contributed by atoms with Crippen molar-refractivity contribution in [2.45, 2.75) is 0 Å². The predicted molar refractivity (Wildman–Crippen MR) is 159 cm³/mol. The van der Waals surface area contributed by atoms with E-state index in [9.17, 15) is 0 Å². The van der Waals surface area contributed by atoms with Gasteiger partial charge in [-0.25, -0.2) is 29.9 Å². The number of rotatable bonds is 0. The SMILES string of the molecule is F.c1ccc2c(c1)-c1nc-2nc2[nH]c(nc3nc(nc4[nH]c(n1)c1ccccc41)-c1ccccc1-3)c1ccccc21. The van der Waals surface area contributed by atoms with Crippen LogP contribution >= 0.6 is 0 Å². The summed E-state index contributed by atoms with van der Waals surface area (Å²) in [5.74, 6) is 2.39. The van der Waals surface area contributed by atoms with Crippen LogP contribution in [0.5, 0.6) is 0 Å². The standard InChI is InChI=1S/C32H18N8.FH/c1-2-10-18-17(9-1)25-33-26(18)38-28-21-13-5-6-14-22(21)30(35-28)40-32-24-16-8-7-15-23(24)31(36-32)39-29-20-12-4-3-11-19(20)27(34-29)37-25;/h1-16H,(H2,33,34,35,36,37,38,39,40);1H. The summed E-state index contributed by atoms with van der Waals surface area (Å²) in [5, 5.41) is 3.82. The van der Waals surface area contributed by atoms with E-state index in [1.165, 1.54) is 0 Å². The molecule has 0 saturated heterocycles. The summed E-state index contributed by atoms with van der Waals surface area (Å²) in [4.78, 5) is 36.8. The summed E-state index contributed by atoms with van der Waals surface area (Å²) in [6, 6.07) is 32.2. The van der Waals surface area contributed by atoms with Crippen molar-refractivity contribution in [2.24, 2.45) is 0 Å². The van der Waals surface area contributed by atoms with Gasteiger partial charge in [-0.05, 0) is 0 Å². The first kappa shape index (κ1) is 23.1. The van der Waals surface area contributed by atoms with Gasteiger partial charge in [-0.2, -0.15) is 0 Å². The third-order valence-corrected chi connectivity index (χ3v) is 7.46. The van der Waals surface area contributed by atoms with Gasteiger partial charge in [0.2, 0.25) is 0 Å². The Labute approximate surface area is 231 Å². The van der Waals surface area contributed by atoms with Crippen LogP contribution < -0.4 is 0 Å². The van der Waals surface area contributed by atoms with E-state index in [-0.39, 0.29) is 4.70 Å². The summed E-state index contributed by atoms with van der Waals surface area (Å²) in [6.07, 6.45) is 0. The van der Waals surface area contributed by atoms with Crippen molar-refractivity contribution < 1.29 is 4.70 Å². The first-order chi connectivity index (χ1) is 19.8. The van der Waals surface area contributed by atoms with Crippen LogP contribution in [0, 0.1) is 0 Å². The highest BCUT2D eigenvalue weighted by Crippen LogP contribution is 2.36. The molecule has 194 valence electrons. The zero-order chi connectivity index (χ0) is 26.2. The molecule has 0 atom stereocenters. The molecule has 0 aliphatic carbocycles. The summed E-state index contributed by atoms with van der Waals surface area (Å²) in [7, 11) is 0. The van der Waals surface area contributed by atoms with Gasteiger partial charge in [-0.3, -0.25) is 4.70 Å². The van der Waals surface area contributed by atoms with Crippen LogP contribution in [0.4, 0.5) is 4.70 Å². The normalized spacial score (nSPS) is 11.7. The van der Waals surface area contributed by atoms with E-state index < -0.39 is 0 Å². The maximum atomic E-state index is 5.02. The van der Waals surface area contributed by atoms with Gasteiger partial charge in [0, 0.05) is 43.8 Å². The second kappa shape index (κ2) is 8.59. The smallest absolute Gasteiger partial charge is 0.164 e. The van der Waals surface area contributed by atoms with Gasteiger partial charge in [-0.1, -0.05) is 97.1 Å². The van der Waals surface area contributed by atoms with Gasteiger partial charge in [-0.15, -0.1) is 0 Å². The molecule has 3 aromatic heterocycles. The third-order valence-electron chi connectivity index (χ3n) is 7.46. The van der Waals surface area contributed by atoms with Crippen molar-refractivity contribution >= 4 is 44.1 Å². The molecule has 0 fully saturated rings. The maximum absolute atomic E-state index is 5.02. The largest absolute Gasteiger partial charge is 0.324 e. The highest BCUT2D eigenvalue weighted by Gasteiger charge is 2.21. The molecule has 2 N–H and O–H groups in total. The van der Waals surface area contributed by atoms with Crippen LogP contribution in [-0.2, 0) is 0 Å². The average molecular weight is 535 g/mol. The molecule has 0 unspecified atom stereocenters. The summed E-state index contributed by atoms with van der Waals surface area (Å²) >= 11 is 0. The van der Waals surface area contributed by atoms with Crippen LogP contribution in [0.2, 0.25) is 0 Å². The molecule has 8 bridgehead atoms. The van der Waals surface area contributed by atoms with Crippen molar-refractivity contribution in [1.29, 1.82) is 0 Å². The second-order valence-electron chi connectivity index (χ2n) is 9.79. The summed E-state index contributed by atoms with van der Waals surface area (Å²) in [6.45, 7) is 0. The lowest BCUT2D eigenvalue weighted by Gasteiger charge is -1.96. The quantitative estimate of drug-likeness (QED) is 0.216. The molecular formula is C32H19FN8. The molecular weight excluding hydrogens is 515 g/mol. The first-order valence-corrected chi connectivity index (χ1v) is 13.0. The second-order valence-corrected chi connectivity index (χ2v) is 9.79. The Morgan fingerprint density at radius 3 is 0.829 bits per heavy atom. The highest BCUT2D eigenvalue weighted by molar-refractivity contribution is 6.06. The lowest BCUT2D eigenvalue weighted by atomic mass is 10.1. The van der Waals surface area contributed by atoms with Crippen molar-refractivity contribution in [3.8, 4) is 45.6 Å². The molecule has 7 aromatic rings. The molecule has 0 spiro atoms. The fourth-order valence-corrected chi connectivity index (χ4v) is 5.59. The van der Waals surface area contributed by atoms with Crippen LogP contribution in [0.3, 0.4) is 0 Å². The fourth-order valence-electron chi connectivity index (χ4n) is 5.59. The van der Waals surface area contributed by atoms with Crippen LogP contribution in [0.15, 0.2) is 97.1 Å². The van der Waals surface area contributed by atoms with Crippen molar-refractivity contribution in [2.75, 3.05) is 0 Å². The number of aromatic amines is 2. The summed E-state index contributed by atoms with van der Waals surface area (Å²) < 4.78 is 0. The fraction of sp³-hybridized carbons (Fsp3) is 0. The molecule has 0 amide bonds. The van der Waals surface area contributed by atoms with Crippen LogP contribution in [-0.4, -0.2) is 39.9 Å². The molecule has 8 nitrogen and oxygen atoms in total. The van der Waals surface area contributed by atoms with E-state index in [0.29, 0.717) is 45.9 Å². The molecule has 9 heteroatoms. The predicted octanol–water partition coefficient (Wildman–Crippen LogP) is 7.02. The molecule has 5 heterocycles. The van der Waals surface area contributed by atoms with Crippen LogP contribution in [0.25, 0.3) is 89.7 Å². The number of nitrogens with one attached hydrogen (secondary N) is 2. The van der Waals surface area contributed by atoms with E-state index in [2.05, 4.69) is 9.97 Å². The lowest BCUT2D eigenvalue weighted by Crippen LogP contribution is -1.82. The van der Waals surface area contributed by atoms with Gasteiger partial charge in [0.25, 0.3) is 0 Å². The number of nitrogens with zero attached hydrogens (tertiary/aromatic N) is 6. The Balaban J connectivity index is 0.00000256. The molecule has 0 radical (unpaired) electrons. The van der Waals surface area contributed by atoms with Crippen molar-refractivity contribution in [1.82, 2.24) is 39.9 Å². The Kier molecular flexibility index (Phi) is 4.84. The zero-order valence-corrected chi connectivity index (χ0v) is 21.3. The van der Waals surface area contributed by atoms with Crippen LogP contribution in [0.1, 0.15) is 0 Å². The first-order valence-electron chi connectivity index (χ1n) is 13.0. The van der Waals surface area contributed by atoms with Gasteiger partial charge >= 0.3 is 0 Å². The zero-order valence-electron chi connectivity index (χ0n) is 21.3. The highest BCUT2D eigenvalue weighted by atomic mass is 19.0. The van der Waals surface area contributed by atoms with E-state index in [1.54, 1.807) is 0 Å². The third kappa shape index (κ3) is 3.39. The number of H-pyrrole nitrogens is 2. The van der Waals surface area contributed by atoms with Gasteiger partial charge in [0.15, 0.2) is 23.3 Å². The minimum Gasteiger partial charge on any atom is -0.324 e. The number of fused-ring (bicyclic) bond motifs is 20. The molecule has 2 aliphatic heterocycles. The molecule has 2 aliphatic rings. The Morgan fingerprint density at radius 2 is 0.561 bits per heavy atom. The minimum absolute atomic E-state index is 0. The lowest BCUT2D eigenvalue weighted by molar-refractivity contribution is 1.11. The maximum Gasteiger partial charge on any atom is 0.164 e. The summed E-state index contributed by atoms with van der Waals surface area (Å²) in [5.41, 5.74) is 6.45. The molecule has 41 heavy (non-hydrogen) atoms. The Bertz CT molecular complexity index is 2030. The van der Waals surface area contributed by atoms with Gasteiger partial charge < -0.3 is 9.97 Å². The molecule has 0 saturated carbocycles. The topological polar surface area (TPSA) is 109 Å². The number of benzene rings is 4. The van der Waals surface area contributed by atoms with Gasteiger partial charge in [0.1, 0.15) is 22.6 Å². The average Bonchev–Trinajstić information content (AvgIpc) is 3.73. The van der Waals surface area contributed by atoms with Crippen molar-refractivity contribution in [3.05, 3.63) is 97.1 Å². The number of aromatic nitrogens is 8. The molecule has 9 rings (SSSR count).